The van der Waals surface area contributed by atoms with Crippen molar-refractivity contribution in [1.82, 2.24) is 0 Å². The van der Waals surface area contributed by atoms with E-state index in [2.05, 4.69) is 0 Å². The molecule has 0 aromatic carbocycles. The molecule has 0 spiro atoms. The maximum absolute atomic E-state index is 9.10. The SMILES string of the molecule is O.O.O.O.O=C(O)C(=O)O.[Ba+2].[H-].[H-].[Ti]. The molecule has 0 bridgehead atoms. The van der Waals surface area contributed by atoms with E-state index in [-0.39, 0.29) is 95.4 Å². The number of carboxylic acid groups (broad SMARTS) is 2. The van der Waals surface area contributed by atoms with Crippen molar-refractivity contribution in [3.05, 3.63) is 0 Å². The molecule has 0 saturated heterocycles. The van der Waals surface area contributed by atoms with Gasteiger partial charge in [-0.25, -0.2) is 9.59 Å². The van der Waals surface area contributed by atoms with Gasteiger partial charge in [0.25, 0.3) is 0 Å². The van der Waals surface area contributed by atoms with E-state index in [9.17, 15) is 0 Å². The fraction of sp³-hybridized carbons (Fsp3) is 0. The number of hydrogen-bond acceptors (Lipinski definition) is 2. The Bertz CT molecular complexity index is 91.3. The first-order valence-corrected chi connectivity index (χ1v) is 1.11. The summed E-state index contributed by atoms with van der Waals surface area (Å²) in [5.41, 5.74) is 0. The molecule has 10 heteroatoms. The molecule has 0 unspecified atom stereocenters. The third-order valence-corrected chi connectivity index (χ3v) is 0.183. The third kappa shape index (κ3) is 43.7. The Morgan fingerprint density at radius 2 is 0.917 bits per heavy atom. The fourth-order valence-electron chi connectivity index (χ4n) is 0. The molecule has 0 aliphatic heterocycles. The number of carbonyl (C=O) groups is 2. The summed E-state index contributed by atoms with van der Waals surface area (Å²) in [6.07, 6.45) is 0. The largest absolute Gasteiger partial charge is 2.00 e. The molecule has 8 nitrogen and oxygen atoms in total. The standard InChI is InChI=1S/C2H2O4.Ba.4H2O.Ti.2H/c3-1(4)2(5)6;;;;;;;;/h(H,3,4)(H,5,6);;4*1H2;;;/q;+2;;;;;;2*-1. The molecule has 0 aliphatic carbocycles. The van der Waals surface area contributed by atoms with E-state index in [1.165, 1.54) is 0 Å². The van der Waals surface area contributed by atoms with Crippen LogP contribution in [0.25, 0.3) is 0 Å². The Morgan fingerprint density at radius 1 is 0.833 bits per heavy atom. The van der Waals surface area contributed by atoms with E-state index in [0.29, 0.717) is 0 Å². The van der Waals surface area contributed by atoms with Crippen LogP contribution in [0.5, 0.6) is 0 Å². The van der Waals surface area contributed by atoms with E-state index in [0.717, 1.165) is 0 Å². The van der Waals surface area contributed by atoms with Crippen LogP contribution in [0.2, 0.25) is 0 Å². The maximum Gasteiger partial charge on any atom is 2.00 e. The van der Waals surface area contributed by atoms with Gasteiger partial charge in [-0.2, -0.15) is 0 Å². The molecule has 0 amide bonds. The molecule has 0 atom stereocenters. The quantitative estimate of drug-likeness (QED) is 0.329. The van der Waals surface area contributed by atoms with Crippen molar-refractivity contribution in [2.45, 2.75) is 0 Å². The average molecular weight is 349 g/mol. The van der Waals surface area contributed by atoms with Crippen molar-refractivity contribution in [2.75, 3.05) is 0 Å². The Labute approximate surface area is 125 Å². The van der Waals surface area contributed by atoms with Gasteiger partial charge in [0.15, 0.2) is 0 Å². The van der Waals surface area contributed by atoms with Crippen LogP contribution >= 0.6 is 0 Å². The van der Waals surface area contributed by atoms with Gasteiger partial charge in [0.1, 0.15) is 0 Å². The number of hydrogen-bond donors (Lipinski definition) is 2. The molecule has 0 aliphatic rings. The Kier molecular flexibility index (Phi) is 127. The van der Waals surface area contributed by atoms with Crippen molar-refractivity contribution >= 4 is 60.8 Å². The average Bonchev–Trinajstić information content (AvgIpc) is 1.36. The number of carboxylic acids is 2. The van der Waals surface area contributed by atoms with Crippen molar-refractivity contribution in [1.29, 1.82) is 0 Å². The van der Waals surface area contributed by atoms with Crippen LogP contribution in [0.1, 0.15) is 2.85 Å². The van der Waals surface area contributed by atoms with Gasteiger partial charge in [-0.05, 0) is 0 Å². The van der Waals surface area contributed by atoms with Crippen LogP contribution in [0.4, 0.5) is 0 Å². The van der Waals surface area contributed by atoms with Crippen molar-refractivity contribution in [2.24, 2.45) is 0 Å². The van der Waals surface area contributed by atoms with Crippen molar-refractivity contribution in [3.63, 3.8) is 0 Å². The molecule has 10 N–H and O–H groups in total. The molecular weight excluding hydrogens is 337 g/mol. The summed E-state index contributed by atoms with van der Waals surface area (Å²) in [5, 5.41) is 14.8. The molecule has 0 rings (SSSR count). The second kappa shape index (κ2) is 29.6. The Morgan fingerprint density at radius 3 is 0.917 bits per heavy atom. The Hall–Kier alpha value is 1.07. The topological polar surface area (TPSA) is 201 Å². The van der Waals surface area contributed by atoms with Crippen LogP contribution < -0.4 is 0 Å². The van der Waals surface area contributed by atoms with Gasteiger partial charge in [-0.3, -0.25) is 0 Å². The minimum absolute atomic E-state index is 0. The molecule has 0 radical (unpaired) electrons. The zero-order chi connectivity index (χ0) is 5.15. The maximum atomic E-state index is 9.10. The second-order valence-corrected chi connectivity index (χ2v) is 0.610. The number of aliphatic carboxylic acids is 2. The van der Waals surface area contributed by atoms with E-state index < -0.39 is 11.9 Å². The minimum atomic E-state index is -1.82. The number of rotatable bonds is 0. The fourth-order valence-corrected chi connectivity index (χ4v) is 0. The van der Waals surface area contributed by atoms with E-state index in [4.69, 9.17) is 19.8 Å². The monoisotopic (exact) mass is 350 g/mol. The van der Waals surface area contributed by atoms with Gasteiger partial charge in [0.2, 0.25) is 0 Å². The van der Waals surface area contributed by atoms with Gasteiger partial charge >= 0.3 is 60.8 Å². The first kappa shape index (κ1) is 51.7. The van der Waals surface area contributed by atoms with Crippen LogP contribution in [0.3, 0.4) is 0 Å². The van der Waals surface area contributed by atoms with E-state index in [1.807, 2.05) is 0 Å². The van der Waals surface area contributed by atoms with Crippen molar-refractivity contribution < 1.29 is 66.3 Å². The first-order valence-electron chi connectivity index (χ1n) is 1.11. The zero-order valence-corrected chi connectivity index (χ0v) is 11.9. The molecule has 0 fully saturated rings. The summed E-state index contributed by atoms with van der Waals surface area (Å²) in [7, 11) is 0. The molecule has 0 saturated carbocycles. The third-order valence-electron chi connectivity index (χ3n) is 0.183. The van der Waals surface area contributed by atoms with E-state index >= 15 is 0 Å². The summed E-state index contributed by atoms with van der Waals surface area (Å²) in [6, 6.07) is 0. The van der Waals surface area contributed by atoms with Crippen LogP contribution in [-0.4, -0.2) is 92.9 Å². The molecule has 12 heavy (non-hydrogen) atoms. The summed E-state index contributed by atoms with van der Waals surface area (Å²) in [5.74, 6) is -3.65. The van der Waals surface area contributed by atoms with Gasteiger partial charge in [-0.1, -0.05) is 0 Å². The second-order valence-electron chi connectivity index (χ2n) is 0.610. The van der Waals surface area contributed by atoms with Crippen LogP contribution in [0.15, 0.2) is 0 Å². The molecule has 0 aromatic heterocycles. The van der Waals surface area contributed by atoms with Crippen LogP contribution in [-0.2, 0) is 31.3 Å². The molecular formula is C2H12BaO8Ti. The smallest absolute Gasteiger partial charge is 1.00 e. The van der Waals surface area contributed by atoms with Gasteiger partial charge in [0.05, 0.1) is 0 Å². The Balaban J connectivity index is -0.00000000446. The van der Waals surface area contributed by atoms with Gasteiger partial charge < -0.3 is 35.0 Å². The van der Waals surface area contributed by atoms with Gasteiger partial charge in [-0.15, -0.1) is 0 Å². The van der Waals surface area contributed by atoms with Crippen molar-refractivity contribution in [3.8, 4) is 0 Å². The van der Waals surface area contributed by atoms with Gasteiger partial charge in [0, 0.05) is 21.7 Å². The molecule has 74 valence electrons. The predicted molar refractivity (Wildman–Crippen MR) is 37.7 cm³/mol. The summed E-state index contributed by atoms with van der Waals surface area (Å²) in [4.78, 5) is 18.2. The summed E-state index contributed by atoms with van der Waals surface area (Å²) >= 11 is 0. The first-order chi connectivity index (χ1) is 2.64. The minimum Gasteiger partial charge on any atom is -1.00 e. The summed E-state index contributed by atoms with van der Waals surface area (Å²) in [6.45, 7) is 0. The summed E-state index contributed by atoms with van der Waals surface area (Å²) < 4.78 is 0. The molecule has 0 aromatic rings. The molecule has 0 heterocycles. The zero-order valence-electron chi connectivity index (χ0n) is 7.92. The normalized spacial score (nSPS) is 3.67. The van der Waals surface area contributed by atoms with Crippen LogP contribution in [0, 0.1) is 0 Å². The van der Waals surface area contributed by atoms with E-state index in [1.54, 1.807) is 0 Å². The predicted octanol–water partition coefficient (Wildman–Crippen LogP) is -4.30.